The van der Waals surface area contributed by atoms with Crippen LogP contribution < -0.4 is 10.1 Å². The van der Waals surface area contributed by atoms with Crippen molar-refractivity contribution in [2.45, 2.75) is 38.2 Å². The standard InChI is InChI=1S/C21H28N2O4/c24-20(22-13-15-9-12-26-14-15)16-3-5-18(6-4-16)27-19-7-10-23(11-8-19)21(25)17-1-2-17/h3-6,15,17,19H,1-2,7-14H2,(H,22,24)/t15-/m1/s1. The molecule has 1 aromatic rings. The van der Waals surface area contributed by atoms with Gasteiger partial charge in [0.25, 0.3) is 5.91 Å². The second kappa shape index (κ2) is 8.30. The highest BCUT2D eigenvalue weighted by atomic mass is 16.5. The molecule has 0 aromatic heterocycles. The summed E-state index contributed by atoms with van der Waals surface area (Å²) in [5.41, 5.74) is 0.645. The molecule has 6 nitrogen and oxygen atoms in total. The smallest absolute Gasteiger partial charge is 0.251 e. The molecule has 1 aromatic carbocycles. The molecule has 1 atom stereocenters. The van der Waals surface area contributed by atoms with E-state index in [4.69, 9.17) is 9.47 Å². The molecule has 2 saturated heterocycles. The van der Waals surface area contributed by atoms with Gasteiger partial charge in [0.2, 0.25) is 5.91 Å². The number of carbonyl (C=O) groups is 2. The summed E-state index contributed by atoms with van der Waals surface area (Å²) in [6, 6.07) is 7.33. The lowest BCUT2D eigenvalue weighted by Crippen LogP contribution is -2.42. The maximum Gasteiger partial charge on any atom is 0.251 e. The molecule has 27 heavy (non-hydrogen) atoms. The van der Waals surface area contributed by atoms with Gasteiger partial charge in [0, 0.05) is 56.5 Å². The van der Waals surface area contributed by atoms with Crippen molar-refractivity contribution in [2.24, 2.45) is 11.8 Å². The zero-order chi connectivity index (χ0) is 18.6. The first-order valence-electron chi connectivity index (χ1n) is 10.1. The molecular weight excluding hydrogens is 344 g/mol. The molecule has 0 radical (unpaired) electrons. The van der Waals surface area contributed by atoms with E-state index in [0.29, 0.717) is 29.9 Å². The number of carbonyl (C=O) groups excluding carboxylic acids is 2. The van der Waals surface area contributed by atoms with Crippen molar-refractivity contribution in [1.82, 2.24) is 10.2 Å². The fourth-order valence-corrected chi connectivity index (χ4v) is 3.74. The van der Waals surface area contributed by atoms with Crippen LogP contribution in [0.3, 0.4) is 0 Å². The van der Waals surface area contributed by atoms with E-state index in [-0.39, 0.29) is 12.0 Å². The van der Waals surface area contributed by atoms with Gasteiger partial charge in [0.15, 0.2) is 0 Å². The molecule has 0 bridgehead atoms. The Morgan fingerprint density at radius 2 is 1.81 bits per heavy atom. The van der Waals surface area contributed by atoms with Crippen LogP contribution >= 0.6 is 0 Å². The summed E-state index contributed by atoms with van der Waals surface area (Å²) in [4.78, 5) is 26.3. The van der Waals surface area contributed by atoms with Crippen molar-refractivity contribution in [3.8, 4) is 5.75 Å². The second-order valence-corrected chi connectivity index (χ2v) is 7.88. The van der Waals surface area contributed by atoms with E-state index in [1.165, 1.54) is 0 Å². The highest BCUT2D eigenvalue weighted by molar-refractivity contribution is 5.94. The minimum atomic E-state index is -0.0552. The summed E-state index contributed by atoms with van der Waals surface area (Å²) in [5, 5.41) is 2.97. The van der Waals surface area contributed by atoms with Gasteiger partial charge in [-0.05, 0) is 43.5 Å². The first-order chi connectivity index (χ1) is 13.2. The van der Waals surface area contributed by atoms with Crippen LogP contribution in [-0.2, 0) is 9.53 Å². The molecule has 3 aliphatic rings. The number of rotatable bonds is 6. The number of nitrogens with zero attached hydrogens (tertiary/aromatic N) is 1. The lowest BCUT2D eigenvalue weighted by Gasteiger charge is -2.32. The van der Waals surface area contributed by atoms with E-state index < -0.39 is 0 Å². The van der Waals surface area contributed by atoms with E-state index in [1.807, 2.05) is 29.2 Å². The maximum absolute atomic E-state index is 12.2. The van der Waals surface area contributed by atoms with Crippen molar-refractivity contribution in [2.75, 3.05) is 32.8 Å². The quantitative estimate of drug-likeness (QED) is 0.832. The normalized spacial score (nSPS) is 23.3. The Labute approximate surface area is 160 Å². The highest BCUT2D eigenvalue weighted by Crippen LogP contribution is 2.32. The van der Waals surface area contributed by atoms with Crippen LogP contribution in [-0.4, -0.2) is 55.7 Å². The van der Waals surface area contributed by atoms with Gasteiger partial charge in [0.05, 0.1) is 6.61 Å². The molecule has 4 rings (SSSR count). The number of hydrogen-bond acceptors (Lipinski definition) is 4. The van der Waals surface area contributed by atoms with Gasteiger partial charge in [-0.25, -0.2) is 0 Å². The molecule has 1 N–H and O–H groups in total. The molecule has 2 aliphatic heterocycles. The van der Waals surface area contributed by atoms with Gasteiger partial charge in [-0.15, -0.1) is 0 Å². The van der Waals surface area contributed by atoms with E-state index in [2.05, 4.69) is 5.32 Å². The topological polar surface area (TPSA) is 67.9 Å². The Balaban J connectivity index is 1.22. The molecule has 146 valence electrons. The number of likely N-dealkylation sites (tertiary alicyclic amines) is 1. The monoisotopic (exact) mass is 372 g/mol. The van der Waals surface area contributed by atoms with Crippen molar-refractivity contribution in [1.29, 1.82) is 0 Å². The van der Waals surface area contributed by atoms with Gasteiger partial charge in [-0.2, -0.15) is 0 Å². The Hall–Kier alpha value is -2.08. The maximum atomic E-state index is 12.2. The van der Waals surface area contributed by atoms with Crippen LogP contribution in [0.2, 0.25) is 0 Å². The number of hydrogen-bond donors (Lipinski definition) is 1. The Morgan fingerprint density at radius 1 is 1.07 bits per heavy atom. The third-order valence-electron chi connectivity index (χ3n) is 5.67. The van der Waals surface area contributed by atoms with Gasteiger partial charge < -0.3 is 19.7 Å². The number of piperidine rings is 1. The van der Waals surface area contributed by atoms with Gasteiger partial charge >= 0.3 is 0 Å². The minimum absolute atomic E-state index is 0.0552. The fourth-order valence-electron chi connectivity index (χ4n) is 3.74. The van der Waals surface area contributed by atoms with E-state index >= 15 is 0 Å². The SMILES string of the molecule is O=C(NC[C@H]1CCOC1)c1ccc(OC2CCN(C(=O)C3CC3)CC2)cc1. The van der Waals surface area contributed by atoms with Crippen molar-refractivity contribution in [3.05, 3.63) is 29.8 Å². The predicted molar refractivity (Wildman–Crippen MR) is 101 cm³/mol. The van der Waals surface area contributed by atoms with Crippen LogP contribution in [0.4, 0.5) is 0 Å². The molecule has 6 heteroatoms. The van der Waals surface area contributed by atoms with Crippen molar-refractivity contribution < 1.29 is 19.1 Å². The van der Waals surface area contributed by atoms with Gasteiger partial charge in [0.1, 0.15) is 11.9 Å². The van der Waals surface area contributed by atoms with Crippen molar-refractivity contribution >= 4 is 11.8 Å². The Morgan fingerprint density at radius 3 is 2.44 bits per heavy atom. The van der Waals surface area contributed by atoms with Crippen LogP contribution in [0, 0.1) is 11.8 Å². The largest absolute Gasteiger partial charge is 0.490 e. The summed E-state index contributed by atoms with van der Waals surface area (Å²) in [7, 11) is 0. The first kappa shape index (κ1) is 18.3. The zero-order valence-corrected chi connectivity index (χ0v) is 15.7. The molecule has 1 aliphatic carbocycles. The number of benzene rings is 1. The van der Waals surface area contributed by atoms with E-state index in [1.54, 1.807) is 0 Å². The average molecular weight is 372 g/mol. The zero-order valence-electron chi connectivity index (χ0n) is 15.7. The molecule has 3 fully saturated rings. The molecule has 0 spiro atoms. The highest BCUT2D eigenvalue weighted by Gasteiger charge is 2.35. The van der Waals surface area contributed by atoms with E-state index in [0.717, 1.165) is 64.2 Å². The summed E-state index contributed by atoms with van der Waals surface area (Å²) >= 11 is 0. The van der Waals surface area contributed by atoms with E-state index in [9.17, 15) is 9.59 Å². The molecule has 2 heterocycles. The number of ether oxygens (including phenoxy) is 2. The summed E-state index contributed by atoms with van der Waals surface area (Å²) < 4.78 is 11.4. The van der Waals surface area contributed by atoms with Crippen LogP contribution in [0.1, 0.15) is 42.5 Å². The fraction of sp³-hybridized carbons (Fsp3) is 0.619. The molecular formula is C21H28N2O4. The predicted octanol–water partition coefficient (Wildman–Crippen LogP) is 2.23. The Kier molecular flexibility index (Phi) is 5.62. The lowest BCUT2D eigenvalue weighted by atomic mass is 10.1. The summed E-state index contributed by atoms with van der Waals surface area (Å²) in [6.45, 7) is 3.75. The summed E-state index contributed by atoms with van der Waals surface area (Å²) in [6.07, 6.45) is 5.00. The second-order valence-electron chi connectivity index (χ2n) is 7.88. The van der Waals surface area contributed by atoms with Crippen molar-refractivity contribution in [3.63, 3.8) is 0 Å². The summed E-state index contributed by atoms with van der Waals surface area (Å²) in [5.74, 6) is 1.77. The average Bonchev–Trinajstić information content (AvgIpc) is 3.42. The third kappa shape index (κ3) is 4.80. The molecule has 1 saturated carbocycles. The first-order valence-corrected chi connectivity index (χ1v) is 10.1. The molecule has 2 amide bonds. The van der Waals surface area contributed by atoms with Gasteiger partial charge in [-0.1, -0.05) is 0 Å². The third-order valence-corrected chi connectivity index (χ3v) is 5.67. The van der Waals surface area contributed by atoms with Crippen LogP contribution in [0.5, 0.6) is 5.75 Å². The number of nitrogens with one attached hydrogen (secondary N) is 1. The minimum Gasteiger partial charge on any atom is -0.490 e. The number of amides is 2. The van der Waals surface area contributed by atoms with Crippen LogP contribution in [0.15, 0.2) is 24.3 Å². The van der Waals surface area contributed by atoms with Crippen LogP contribution in [0.25, 0.3) is 0 Å². The Bertz CT molecular complexity index is 657. The molecule has 0 unspecified atom stereocenters. The van der Waals surface area contributed by atoms with Gasteiger partial charge in [-0.3, -0.25) is 9.59 Å². The lowest BCUT2D eigenvalue weighted by molar-refractivity contribution is -0.134.